The lowest BCUT2D eigenvalue weighted by molar-refractivity contribution is -0.118. The molecule has 1 aliphatic rings. The summed E-state index contributed by atoms with van der Waals surface area (Å²) in [5, 5.41) is 4.47. The first-order valence-electron chi connectivity index (χ1n) is 5.55. The molecule has 19 heavy (non-hydrogen) atoms. The molecule has 1 aromatic carbocycles. The van der Waals surface area contributed by atoms with E-state index < -0.39 is 5.97 Å². The van der Waals surface area contributed by atoms with Gasteiger partial charge in [-0.25, -0.2) is 4.79 Å². The number of carbonyl (C=O) groups is 2. The SMILES string of the molecule is O=C1COc2cc(OC(=O)c3cccs3)ccc2N1. The van der Waals surface area contributed by atoms with Crippen LogP contribution in [-0.2, 0) is 4.79 Å². The molecule has 0 saturated heterocycles. The van der Waals surface area contributed by atoms with E-state index in [0.717, 1.165) is 0 Å². The molecule has 0 unspecified atom stereocenters. The number of nitrogens with one attached hydrogen (secondary N) is 1. The van der Waals surface area contributed by atoms with Crippen molar-refractivity contribution in [3.8, 4) is 11.5 Å². The van der Waals surface area contributed by atoms with Crippen molar-refractivity contribution in [3.63, 3.8) is 0 Å². The molecule has 0 saturated carbocycles. The average Bonchev–Trinajstić information content (AvgIpc) is 2.93. The number of rotatable bonds is 2. The van der Waals surface area contributed by atoms with Crippen LogP contribution >= 0.6 is 11.3 Å². The second-order valence-electron chi connectivity index (χ2n) is 3.86. The summed E-state index contributed by atoms with van der Waals surface area (Å²) in [6, 6.07) is 8.32. The van der Waals surface area contributed by atoms with Gasteiger partial charge in [-0.3, -0.25) is 4.79 Å². The van der Waals surface area contributed by atoms with Crippen LogP contribution in [0.25, 0.3) is 0 Å². The lowest BCUT2D eigenvalue weighted by Crippen LogP contribution is -2.25. The molecule has 0 fully saturated rings. The van der Waals surface area contributed by atoms with E-state index in [1.807, 2.05) is 5.38 Å². The van der Waals surface area contributed by atoms with Gasteiger partial charge in [0.15, 0.2) is 6.61 Å². The van der Waals surface area contributed by atoms with Gasteiger partial charge in [0.2, 0.25) is 0 Å². The van der Waals surface area contributed by atoms with Crippen LogP contribution in [0.15, 0.2) is 35.7 Å². The Morgan fingerprint density at radius 1 is 1.37 bits per heavy atom. The largest absolute Gasteiger partial charge is 0.481 e. The highest BCUT2D eigenvalue weighted by Crippen LogP contribution is 2.32. The van der Waals surface area contributed by atoms with Gasteiger partial charge < -0.3 is 14.8 Å². The van der Waals surface area contributed by atoms with E-state index in [1.54, 1.807) is 30.3 Å². The monoisotopic (exact) mass is 275 g/mol. The Bertz CT molecular complexity index is 636. The summed E-state index contributed by atoms with van der Waals surface area (Å²) in [6.07, 6.45) is 0. The van der Waals surface area contributed by atoms with E-state index in [2.05, 4.69) is 5.32 Å². The fourth-order valence-electron chi connectivity index (χ4n) is 1.67. The Morgan fingerprint density at radius 2 is 2.26 bits per heavy atom. The van der Waals surface area contributed by atoms with Crippen LogP contribution in [0.4, 0.5) is 5.69 Å². The number of hydrogen-bond donors (Lipinski definition) is 1. The minimum atomic E-state index is -0.408. The maximum Gasteiger partial charge on any atom is 0.353 e. The number of thiophene rings is 1. The third-order valence-electron chi connectivity index (χ3n) is 2.52. The number of ether oxygens (including phenoxy) is 2. The number of anilines is 1. The maximum absolute atomic E-state index is 11.8. The van der Waals surface area contributed by atoms with Crippen LogP contribution in [0.5, 0.6) is 11.5 Å². The van der Waals surface area contributed by atoms with E-state index in [4.69, 9.17) is 9.47 Å². The Kier molecular flexibility index (Phi) is 2.92. The Hall–Kier alpha value is -2.34. The predicted molar refractivity (Wildman–Crippen MR) is 69.8 cm³/mol. The molecule has 1 aromatic heterocycles. The molecule has 96 valence electrons. The van der Waals surface area contributed by atoms with Gasteiger partial charge in [0.05, 0.1) is 5.69 Å². The zero-order valence-electron chi connectivity index (χ0n) is 9.71. The van der Waals surface area contributed by atoms with Crippen molar-refractivity contribution in [2.75, 3.05) is 11.9 Å². The molecule has 2 aromatic rings. The molecule has 0 atom stereocenters. The van der Waals surface area contributed by atoms with Crippen LogP contribution in [0, 0.1) is 0 Å². The number of esters is 1. The van der Waals surface area contributed by atoms with Crippen molar-refractivity contribution in [2.45, 2.75) is 0 Å². The highest BCUT2D eigenvalue weighted by atomic mass is 32.1. The van der Waals surface area contributed by atoms with E-state index in [1.165, 1.54) is 11.3 Å². The molecule has 0 bridgehead atoms. The average molecular weight is 275 g/mol. The molecule has 3 rings (SSSR count). The standard InChI is InChI=1S/C13H9NO4S/c15-12-7-17-10-6-8(3-4-9(10)14-12)18-13(16)11-2-1-5-19-11/h1-6H,7H2,(H,14,15). The Morgan fingerprint density at radius 3 is 3.05 bits per heavy atom. The number of hydrogen-bond acceptors (Lipinski definition) is 5. The lowest BCUT2D eigenvalue weighted by atomic mass is 10.2. The maximum atomic E-state index is 11.8. The van der Waals surface area contributed by atoms with E-state index >= 15 is 0 Å². The van der Waals surface area contributed by atoms with Crippen molar-refractivity contribution < 1.29 is 19.1 Å². The number of carbonyl (C=O) groups excluding carboxylic acids is 2. The van der Waals surface area contributed by atoms with Crippen molar-refractivity contribution in [1.82, 2.24) is 0 Å². The van der Waals surface area contributed by atoms with Crippen LogP contribution in [0.1, 0.15) is 9.67 Å². The number of fused-ring (bicyclic) bond motifs is 1. The first-order chi connectivity index (χ1) is 9.22. The molecule has 0 radical (unpaired) electrons. The summed E-state index contributed by atoms with van der Waals surface area (Å²) >= 11 is 1.32. The minimum absolute atomic E-state index is 0.0324. The van der Waals surface area contributed by atoms with E-state index in [9.17, 15) is 9.59 Å². The molecular formula is C13H9NO4S. The van der Waals surface area contributed by atoms with Crippen LogP contribution in [0.3, 0.4) is 0 Å². The third kappa shape index (κ3) is 2.43. The highest BCUT2D eigenvalue weighted by molar-refractivity contribution is 7.12. The van der Waals surface area contributed by atoms with Gasteiger partial charge in [-0.15, -0.1) is 11.3 Å². The van der Waals surface area contributed by atoms with Crippen LogP contribution in [-0.4, -0.2) is 18.5 Å². The molecule has 1 aliphatic heterocycles. The predicted octanol–water partition coefficient (Wildman–Crippen LogP) is 2.30. The summed E-state index contributed by atoms with van der Waals surface area (Å²) < 4.78 is 10.5. The number of benzene rings is 1. The Labute approximate surface area is 112 Å². The van der Waals surface area contributed by atoms with E-state index in [-0.39, 0.29) is 12.5 Å². The lowest BCUT2D eigenvalue weighted by Gasteiger charge is -2.18. The topological polar surface area (TPSA) is 64.6 Å². The van der Waals surface area contributed by atoms with Gasteiger partial charge in [-0.05, 0) is 23.6 Å². The summed E-state index contributed by atoms with van der Waals surface area (Å²) in [5.41, 5.74) is 0.576. The normalized spacial score (nSPS) is 13.2. The molecule has 2 heterocycles. The van der Waals surface area contributed by atoms with E-state index in [0.29, 0.717) is 22.1 Å². The van der Waals surface area contributed by atoms with Gasteiger partial charge >= 0.3 is 5.97 Å². The third-order valence-corrected chi connectivity index (χ3v) is 3.37. The number of amides is 1. The molecule has 5 nitrogen and oxygen atoms in total. The molecule has 0 aliphatic carbocycles. The van der Waals surface area contributed by atoms with Gasteiger partial charge in [-0.1, -0.05) is 6.07 Å². The van der Waals surface area contributed by atoms with Crippen molar-refractivity contribution >= 4 is 28.9 Å². The minimum Gasteiger partial charge on any atom is -0.481 e. The molecule has 6 heteroatoms. The van der Waals surface area contributed by atoms with Crippen LogP contribution in [0.2, 0.25) is 0 Å². The second kappa shape index (κ2) is 4.74. The highest BCUT2D eigenvalue weighted by Gasteiger charge is 2.17. The summed E-state index contributed by atoms with van der Waals surface area (Å²) in [7, 11) is 0. The Balaban J connectivity index is 1.79. The van der Waals surface area contributed by atoms with Gasteiger partial charge in [-0.2, -0.15) is 0 Å². The van der Waals surface area contributed by atoms with Crippen molar-refractivity contribution in [2.24, 2.45) is 0 Å². The van der Waals surface area contributed by atoms with Gasteiger partial charge in [0.25, 0.3) is 5.91 Å². The molecule has 0 spiro atoms. The summed E-state index contributed by atoms with van der Waals surface area (Å²) in [4.78, 5) is 23.4. The summed E-state index contributed by atoms with van der Waals surface area (Å²) in [6.45, 7) is -0.0324. The second-order valence-corrected chi connectivity index (χ2v) is 4.81. The first kappa shape index (κ1) is 11.7. The fraction of sp³-hybridized carbons (Fsp3) is 0.0769. The molecule has 1 N–H and O–H groups in total. The van der Waals surface area contributed by atoms with Gasteiger partial charge in [0, 0.05) is 6.07 Å². The molecule has 1 amide bonds. The quantitative estimate of drug-likeness (QED) is 0.674. The van der Waals surface area contributed by atoms with Crippen LogP contribution < -0.4 is 14.8 Å². The first-order valence-corrected chi connectivity index (χ1v) is 6.43. The zero-order chi connectivity index (χ0) is 13.2. The smallest absolute Gasteiger partial charge is 0.353 e. The summed E-state index contributed by atoms with van der Waals surface area (Å²) in [5.74, 6) is 0.273. The van der Waals surface area contributed by atoms with Crippen molar-refractivity contribution in [1.29, 1.82) is 0 Å². The van der Waals surface area contributed by atoms with Gasteiger partial charge in [0.1, 0.15) is 16.4 Å². The molecular weight excluding hydrogens is 266 g/mol. The fourth-order valence-corrected chi connectivity index (χ4v) is 2.27. The van der Waals surface area contributed by atoms with Crippen molar-refractivity contribution in [3.05, 3.63) is 40.6 Å². The zero-order valence-corrected chi connectivity index (χ0v) is 10.5.